The number of halogens is 1. The third-order valence-corrected chi connectivity index (χ3v) is 6.44. The quantitative estimate of drug-likeness (QED) is 0.654. The highest BCUT2D eigenvalue weighted by atomic mass is 35.5. The third-order valence-electron chi connectivity index (χ3n) is 6.13. The fraction of sp³-hybridized carbons (Fsp3) is 0.636. The van der Waals surface area contributed by atoms with Crippen LogP contribution in [0.2, 0.25) is 5.02 Å². The van der Waals surface area contributed by atoms with Gasteiger partial charge < -0.3 is 20.7 Å². The van der Waals surface area contributed by atoms with E-state index < -0.39 is 0 Å². The normalized spacial score (nSPS) is 18.9. The summed E-state index contributed by atoms with van der Waals surface area (Å²) < 4.78 is 5.56. The monoisotopic (exact) mass is 436 g/mol. The number of benzene rings is 1. The number of piperidine rings is 2. The molecule has 7 nitrogen and oxygen atoms in total. The van der Waals surface area contributed by atoms with Crippen LogP contribution in [0.25, 0.3) is 0 Å². The van der Waals surface area contributed by atoms with Gasteiger partial charge in [0.1, 0.15) is 5.75 Å². The molecule has 0 bridgehead atoms. The van der Waals surface area contributed by atoms with Crippen LogP contribution < -0.4 is 15.8 Å². The van der Waals surface area contributed by atoms with Gasteiger partial charge in [0.25, 0.3) is 0 Å². The van der Waals surface area contributed by atoms with Crippen molar-refractivity contribution in [2.45, 2.75) is 45.1 Å². The average molecular weight is 437 g/mol. The number of carbonyl (C=O) groups is 2. The van der Waals surface area contributed by atoms with Crippen LogP contribution in [0, 0.1) is 5.92 Å². The van der Waals surface area contributed by atoms with Gasteiger partial charge in [0, 0.05) is 37.1 Å². The summed E-state index contributed by atoms with van der Waals surface area (Å²) in [4.78, 5) is 28.4. The van der Waals surface area contributed by atoms with Crippen LogP contribution in [0.3, 0.4) is 0 Å². The van der Waals surface area contributed by atoms with E-state index >= 15 is 0 Å². The van der Waals surface area contributed by atoms with E-state index in [9.17, 15) is 9.59 Å². The van der Waals surface area contributed by atoms with E-state index in [1.54, 1.807) is 13.2 Å². The molecule has 0 aromatic heterocycles. The highest BCUT2D eigenvalue weighted by Crippen LogP contribution is 2.32. The maximum absolute atomic E-state index is 12.4. The predicted molar refractivity (Wildman–Crippen MR) is 119 cm³/mol. The first-order chi connectivity index (χ1) is 14.5. The molecule has 1 aromatic rings. The number of likely N-dealkylation sites (tertiary alicyclic amines) is 2. The Kier molecular flexibility index (Phi) is 8.36. The Labute approximate surface area is 183 Å². The highest BCUT2D eigenvalue weighted by molar-refractivity contribution is 6.33. The largest absolute Gasteiger partial charge is 0.496 e. The fourth-order valence-electron chi connectivity index (χ4n) is 4.28. The molecule has 3 rings (SSSR count). The molecule has 2 heterocycles. The number of nitrogens with one attached hydrogen (secondary N) is 1. The van der Waals surface area contributed by atoms with Crippen molar-refractivity contribution >= 4 is 29.1 Å². The zero-order valence-corrected chi connectivity index (χ0v) is 18.5. The van der Waals surface area contributed by atoms with Crippen molar-refractivity contribution in [3.05, 3.63) is 22.7 Å². The number of primary amides is 1. The van der Waals surface area contributed by atoms with Gasteiger partial charge in [0.2, 0.25) is 11.8 Å². The molecule has 1 aromatic carbocycles. The van der Waals surface area contributed by atoms with Crippen LogP contribution in [-0.4, -0.2) is 61.4 Å². The molecule has 0 atom stereocenters. The first-order valence-corrected chi connectivity index (χ1v) is 11.2. The Morgan fingerprint density at radius 3 is 2.47 bits per heavy atom. The number of rotatable bonds is 8. The summed E-state index contributed by atoms with van der Waals surface area (Å²) in [6.45, 7) is 5.23. The van der Waals surface area contributed by atoms with Crippen molar-refractivity contribution in [2.24, 2.45) is 11.7 Å². The van der Waals surface area contributed by atoms with Gasteiger partial charge in [-0.15, -0.1) is 0 Å². The number of hydrogen-bond acceptors (Lipinski definition) is 5. The van der Waals surface area contributed by atoms with E-state index in [1.165, 1.54) is 19.3 Å². The SMILES string of the molecule is COc1cc(NC(=O)CCN2CCCCC2)c(Cl)cc1CN1CCC(C(N)=O)CC1. The Balaban J connectivity index is 1.56. The van der Waals surface area contributed by atoms with E-state index in [2.05, 4.69) is 15.1 Å². The minimum Gasteiger partial charge on any atom is -0.496 e. The summed E-state index contributed by atoms with van der Waals surface area (Å²) >= 11 is 6.47. The van der Waals surface area contributed by atoms with Crippen LogP contribution >= 0.6 is 11.6 Å². The van der Waals surface area contributed by atoms with Crippen LogP contribution in [0.1, 0.15) is 44.1 Å². The van der Waals surface area contributed by atoms with Crippen molar-refractivity contribution in [2.75, 3.05) is 45.2 Å². The van der Waals surface area contributed by atoms with E-state index in [0.717, 1.165) is 51.1 Å². The van der Waals surface area contributed by atoms with Gasteiger partial charge in [-0.3, -0.25) is 14.5 Å². The lowest BCUT2D eigenvalue weighted by molar-refractivity contribution is -0.123. The number of nitrogens with zero attached hydrogens (tertiary/aromatic N) is 2. The maximum atomic E-state index is 12.4. The summed E-state index contributed by atoms with van der Waals surface area (Å²) in [5, 5.41) is 3.43. The van der Waals surface area contributed by atoms with Crippen molar-refractivity contribution < 1.29 is 14.3 Å². The maximum Gasteiger partial charge on any atom is 0.225 e. The third kappa shape index (κ3) is 6.33. The van der Waals surface area contributed by atoms with Gasteiger partial charge in [-0.25, -0.2) is 0 Å². The van der Waals surface area contributed by atoms with Crippen molar-refractivity contribution in [1.82, 2.24) is 9.80 Å². The molecule has 2 aliphatic rings. The number of nitrogens with two attached hydrogens (primary N) is 1. The zero-order chi connectivity index (χ0) is 21.5. The molecule has 2 amide bonds. The summed E-state index contributed by atoms with van der Waals surface area (Å²) in [7, 11) is 1.62. The van der Waals surface area contributed by atoms with Crippen LogP contribution in [0.15, 0.2) is 12.1 Å². The van der Waals surface area contributed by atoms with Crippen molar-refractivity contribution in [3.63, 3.8) is 0 Å². The summed E-state index contributed by atoms with van der Waals surface area (Å²) in [5.74, 6) is 0.415. The van der Waals surface area contributed by atoms with Crippen LogP contribution in [0.5, 0.6) is 5.75 Å². The standard InChI is InChI=1S/C22H33ClN4O3/c1-30-20-14-19(25-21(28)7-12-26-8-3-2-4-9-26)18(23)13-17(20)15-27-10-5-16(6-11-27)22(24)29/h13-14,16H,2-12,15H2,1H3,(H2,24,29)(H,25,28). The van der Waals surface area contributed by atoms with Crippen LogP contribution in [-0.2, 0) is 16.1 Å². The molecule has 0 radical (unpaired) electrons. The van der Waals surface area contributed by atoms with Gasteiger partial charge in [-0.2, -0.15) is 0 Å². The zero-order valence-electron chi connectivity index (χ0n) is 17.8. The van der Waals surface area contributed by atoms with E-state index in [-0.39, 0.29) is 17.7 Å². The molecule has 0 saturated carbocycles. The van der Waals surface area contributed by atoms with Gasteiger partial charge in [-0.1, -0.05) is 18.0 Å². The Morgan fingerprint density at radius 2 is 1.83 bits per heavy atom. The number of anilines is 1. The summed E-state index contributed by atoms with van der Waals surface area (Å²) in [5.41, 5.74) is 6.96. The second kappa shape index (κ2) is 11.0. The lowest BCUT2D eigenvalue weighted by Crippen LogP contribution is -2.38. The molecular weight excluding hydrogens is 404 g/mol. The molecule has 0 unspecified atom stereocenters. The molecule has 30 heavy (non-hydrogen) atoms. The minimum absolute atomic E-state index is 0.0331. The Bertz CT molecular complexity index is 744. The first kappa shape index (κ1) is 22.8. The summed E-state index contributed by atoms with van der Waals surface area (Å²) in [6, 6.07) is 3.66. The van der Waals surface area contributed by atoms with Gasteiger partial charge >= 0.3 is 0 Å². The fourth-order valence-corrected chi connectivity index (χ4v) is 4.51. The average Bonchev–Trinajstić information content (AvgIpc) is 2.75. The van der Waals surface area contributed by atoms with Gasteiger partial charge in [-0.05, 0) is 57.9 Å². The first-order valence-electron chi connectivity index (χ1n) is 10.9. The minimum atomic E-state index is -0.212. The number of ether oxygens (including phenoxy) is 1. The molecule has 0 aliphatic carbocycles. The topological polar surface area (TPSA) is 87.9 Å². The number of amides is 2. The predicted octanol–water partition coefficient (Wildman–Crippen LogP) is 2.86. The smallest absolute Gasteiger partial charge is 0.225 e. The lowest BCUT2D eigenvalue weighted by atomic mass is 9.96. The second-order valence-corrected chi connectivity index (χ2v) is 8.70. The molecule has 166 valence electrons. The molecule has 3 N–H and O–H groups in total. The molecule has 2 saturated heterocycles. The van der Waals surface area contributed by atoms with Crippen molar-refractivity contribution in [1.29, 1.82) is 0 Å². The van der Waals surface area contributed by atoms with E-state index in [0.29, 0.717) is 29.4 Å². The van der Waals surface area contributed by atoms with E-state index in [1.807, 2.05) is 6.07 Å². The number of hydrogen-bond donors (Lipinski definition) is 2. The molecule has 8 heteroatoms. The number of carbonyl (C=O) groups excluding carboxylic acids is 2. The Hall–Kier alpha value is -1.83. The highest BCUT2D eigenvalue weighted by Gasteiger charge is 2.24. The molecule has 0 spiro atoms. The van der Waals surface area contributed by atoms with Crippen LogP contribution in [0.4, 0.5) is 5.69 Å². The summed E-state index contributed by atoms with van der Waals surface area (Å²) in [6.07, 6.45) is 5.72. The van der Waals surface area contributed by atoms with Gasteiger partial charge in [0.05, 0.1) is 17.8 Å². The lowest BCUT2D eigenvalue weighted by Gasteiger charge is -2.31. The molecule has 2 aliphatic heterocycles. The number of methoxy groups -OCH3 is 1. The van der Waals surface area contributed by atoms with E-state index in [4.69, 9.17) is 22.1 Å². The molecule has 2 fully saturated rings. The Morgan fingerprint density at radius 1 is 1.13 bits per heavy atom. The van der Waals surface area contributed by atoms with Crippen molar-refractivity contribution in [3.8, 4) is 5.75 Å². The molecular formula is C22H33ClN4O3. The second-order valence-electron chi connectivity index (χ2n) is 8.30. The van der Waals surface area contributed by atoms with Gasteiger partial charge in [0.15, 0.2) is 0 Å².